The van der Waals surface area contributed by atoms with E-state index in [1.807, 2.05) is 37.3 Å². The summed E-state index contributed by atoms with van der Waals surface area (Å²) in [4.78, 5) is 64.2. The number of nitrogens with one attached hydrogen (secondary N) is 2. The van der Waals surface area contributed by atoms with Gasteiger partial charge in [-0.1, -0.05) is 48.8 Å². The number of hydrogen-bond acceptors (Lipinski definition) is 10. The number of thioether (sulfide) groups is 1. The van der Waals surface area contributed by atoms with Crippen molar-refractivity contribution in [2.45, 2.75) is 51.3 Å². The Kier molecular flexibility index (Phi) is 15.8. The molecule has 38 heavy (non-hydrogen) atoms. The standard InChI is InChI=1S/C24H34N4O9S/c1-2-3-11-36-24(35)19(28-37-13-16-7-5-4-6-8-16)15-38-14-18(22(32)26-12-21(30)31)27-20(29)10-9-17(25)23(33)34/h4-8,17-18H,2-3,9-15,25H2,1H3,(H,26,32)(H,27,29)(H,30,31)(H,33,34). The van der Waals surface area contributed by atoms with Crippen molar-refractivity contribution in [3.8, 4) is 0 Å². The number of oxime groups is 1. The first-order valence-electron chi connectivity index (χ1n) is 11.9. The number of hydrogen-bond donors (Lipinski definition) is 5. The number of unbranched alkanes of at least 4 members (excludes halogenated alkanes) is 1. The summed E-state index contributed by atoms with van der Waals surface area (Å²) < 4.78 is 5.22. The number of amides is 2. The van der Waals surface area contributed by atoms with Crippen LogP contribution >= 0.6 is 11.8 Å². The van der Waals surface area contributed by atoms with Crippen LogP contribution in [-0.4, -0.2) is 82.4 Å². The molecule has 14 heteroatoms. The Labute approximate surface area is 224 Å². The highest BCUT2D eigenvalue weighted by atomic mass is 32.2. The fourth-order valence-electron chi connectivity index (χ4n) is 2.69. The van der Waals surface area contributed by atoms with Gasteiger partial charge in [0.25, 0.3) is 0 Å². The number of carbonyl (C=O) groups is 5. The van der Waals surface area contributed by atoms with Crippen LogP contribution in [0.5, 0.6) is 0 Å². The molecule has 2 amide bonds. The molecule has 2 atom stereocenters. The van der Waals surface area contributed by atoms with Crippen molar-refractivity contribution in [3.05, 3.63) is 35.9 Å². The highest BCUT2D eigenvalue weighted by Crippen LogP contribution is 2.09. The molecule has 2 unspecified atom stereocenters. The van der Waals surface area contributed by atoms with Gasteiger partial charge in [-0.15, -0.1) is 0 Å². The minimum atomic E-state index is -1.27. The Bertz CT molecular complexity index is 959. The van der Waals surface area contributed by atoms with E-state index >= 15 is 0 Å². The number of carboxylic acid groups (broad SMARTS) is 2. The van der Waals surface area contributed by atoms with Crippen molar-refractivity contribution in [1.82, 2.24) is 10.6 Å². The smallest absolute Gasteiger partial charge is 0.356 e. The largest absolute Gasteiger partial charge is 0.480 e. The van der Waals surface area contributed by atoms with Crippen molar-refractivity contribution < 1.29 is 43.8 Å². The van der Waals surface area contributed by atoms with Gasteiger partial charge >= 0.3 is 17.9 Å². The second-order valence-corrected chi connectivity index (χ2v) is 9.05. The maximum Gasteiger partial charge on any atom is 0.356 e. The quantitative estimate of drug-likeness (QED) is 0.0689. The minimum Gasteiger partial charge on any atom is -0.480 e. The predicted molar refractivity (Wildman–Crippen MR) is 139 cm³/mol. The van der Waals surface area contributed by atoms with Gasteiger partial charge < -0.3 is 36.2 Å². The monoisotopic (exact) mass is 554 g/mol. The van der Waals surface area contributed by atoms with Crippen LogP contribution in [0.1, 0.15) is 38.2 Å². The van der Waals surface area contributed by atoms with Crippen molar-refractivity contribution in [1.29, 1.82) is 0 Å². The second kappa shape index (κ2) is 18.6. The van der Waals surface area contributed by atoms with E-state index in [0.29, 0.717) is 6.42 Å². The minimum absolute atomic E-state index is 0.0256. The molecule has 0 bridgehead atoms. The molecule has 0 spiro atoms. The Morgan fingerprint density at radius 1 is 1.13 bits per heavy atom. The molecule has 0 aliphatic carbocycles. The van der Waals surface area contributed by atoms with Crippen LogP contribution in [0.3, 0.4) is 0 Å². The fraction of sp³-hybridized carbons (Fsp3) is 0.500. The molecule has 0 radical (unpaired) electrons. The van der Waals surface area contributed by atoms with Crippen molar-refractivity contribution in [2.75, 3.05) is 24.7 Å². The first-order chi connectivity index (χ1) is 18.1. The van der Waals surface area contributed by atoms with E-state index in [0.717, 1.165) is 23.7 Å². The molecule has 1 aromatic rings. The van der Waals surface area contributed by atoms with Gasteiger partial charge in [0.05, 0.1) is 6.61 Å². The first kappa shape index (κ1) is 32.4. The summed E-state index contributed by atoms with van der Waals surface area (Å²) in [6.45, 7) is 1.60. The van der Waals surface area contributed by atoms with Gasteiger partial charge in [-0.2, -0.15) is 11.8 Å². The first-order valence-corrected chi connectivity index (χ1v) is 13.0. The van der Waals surface area contributed by atoms with Crippen LogP contribution in [0.15, 0.2) is 35.5 Å². The molecular formula is C24H34N4O9S. The summed E-state index contributed by atoms with van der Waals surface area (Å²) in [7, 11) is 0. The summed E-state index contributed by atoms with van der Waals surface area (Å²) in [5.41, 5.74) is 6.20. The van der Waals surface area contributed by atoms with Gasteiger partial charge in [-0.3, -0.25) is 19.2 Å². The molecule has 0 aromatic heterocycles. The number of aliphatic carboxylic acids is 2. The lowest BCUT2D eigenvalue weighted by Crippen LogP contribution is -2.49. The van der Waals surface area contributed by atoms with Crippen LogP contribution in [0.2, 0.25) is 0 Å². The third-order valence-corrected chi connectivity index (χ3v) is 5.85. The summed E-state index contributed by atoms with van der Waals surface area (Å²) in [6, 6.07) is 6.75. The van der Waals surface area contributed by atoms with Gasteiger partial charge in [0.1, 0.15) is 25.2 Å². The molecule has 0 aliphatic heterocycles. The summed E-state index contributed by atoms with van der Waals surface area (Å²) in [6.07, 6.45) is 1.07. The molecule has 1 aromatic carbocycles. The van der Waals surface area contributed by atoms with Crippen molar-refractivity contribution in [3.63, 3.8) is 0 Å². The Hall–Kier alpha value is -3.65. The molecule has 0 heterocycles. The normalized spacial score (nSPS) is 12.6. The zero-order valence-electron chi connectivity index (χ0n) is 21.1. The zero-order chi connectivity index (χ0) is 28.3. The highest BCUT2D eigenvalue weighted by Gasteiger charge is 2.24. The number of ether oxygens (including phenoxy) is 1. The summed E-state index contributed by atoms with van der Waals surface area (Å²) in [5.74, 6) is -4.71. The third kappa shape index (κ3) is 14.2. The number of benzene rings is 1. The van der Waals surface area contributed by atoms with Gasteiger partial charge in [0, 0.05) is 17.9 Å². The lowest BCUT2D eigenvalue weighted by molar-refractivity contribution is -0.139. The third-order valence-electron chi connectivity index (χ3n) is 4.80. The van der Waals surface area contributed by atoms with E-state index in [1.54, 1.807) is 0 Å². The fourth-order valence-corrected chi connectivity index (χ4v) is 3.65. The number of carbonyl (C=O) groups excluding carboxylic acids is 3. The molecular weight excluding hydrogens is 520 g/mol. The second-order valence-electron chi connectivity index (χ2n) is 8.02. The predicted octanol–water partition coefficient (Wildman–Crippen LogP) is 0.513. The van der Waals surface area contributed by atoms with Gasteiger partial charge in [-0.25, -0.2) is 4.79 Å². The molecule has 0 fully saturated rings. The Balaban J connectivity index is 2.82. The maximum absolute atomic E-state index is 12.5. The van der Waals surface area contributed by atoms with E-state index in [-0.39, 0.29) is 43.3 Å². The number of carboxylic acids is 2. The molecule has 0 saturated carbocycles. The number of nitrogens with two attached hydrogens (primary N) is 1. The molecule has 0 aliphatic rings. The Morgan fingerprint density at radius 2 is 1.84 bits per heavy atom. The molecule has 6 N–H and O–H groups in total. The highest BCUT2D eigenvalue weighted by molar-refractivity contribution is 8.00. The maximum atomic E-state index is 12.5. The molecule has 13 nitrogen and oxygen atoms in total. The van der Waals surface area contributed by atoms with Crippen LogP contribution in [0.25, 0.3) is 0 Å². The van der Waals surface area contributed by atoms with Gasteiger partial charge in [0.2, 0.25) is 11.8 Å². The van der Waals surface area contributed by atoms with E-state index in [2.05, 4.69) is 15.8 Å². The number of nitrogens with zero attached hydrogens (tertiary/aromatic N) is 1. The van der Waals surface area contributed by atoms with E-state index in [9.17, 15) is 24.0 Å². The van der Waals surface area contributed by atoms with Crippen LogP contribution in [-0.2, 0) is 40.2 Å². The number of esters is 1. The van der Waals surface area contributed by atoms with Crippen LogP contribution in [0.4, 0.5) is 0 Å². The lowest BCUT2D eigenvalue weighted by Gasteiger charge is -2.18. The van der Waals surface area contributed by atoms with Crippen LogP contribution < -0.4 is 16.4 Å². The average Bonchev–Trinajstić information content (AvgIpc) is 2.89. The van der Waals surface area contributed by atoms with Crippen molar-refractivity contribution in [2.24, 2.45) is 10.9 Å². The van der Waals surface area contributed by atoms with Gasteiger partial charge in [0.15, 0.2) is 5.71 Å². The summed E-state index contributed by atoms with van der Waals surface area (Å²) in [5, 5.41) is 26.2. The van der Waals surface area contributed by atoms with Gasteiger partial charge in [-0.05, 0) is 18.4 Å². The summed E-state index contributed by atoms with van der Waals surface area (Å²) >= 11 is 1.06. The van der Waals surface area contributed by atoms with E-state index < -0.39 is 48.4 Å². The van der Waals surface area contributed by atoms with E-state index in [1.165, 1.54) is 0 Å². The molecule has 0 saturated heterocycles. The molecule has 1 rings (SSSR count). The van der Waals surface area contributed by atoms with Crippen LogP contribution in [0, 0.1) is 0 Å². The lowest BCUT2D eigenvalue weighted by atomic mass is 10.1. The number of rotatable bonds is 19. The van der Waals surface area contributed by atoms with E-state index in [4.69, 9.17) is 25.5 Å². The topological polar surface area (TPSA) is 207 Å². The molecule has 210 valence electrons. The Morgan fingerprint density at radius 3 is 2.47 bits per heavy atom. The average molecular weight is 555 g/mol. The SMILES string of the molecule is CCCCOC(=O)C(CSCC(NC(=O)CCC(N)C(=O)O)C(=O)NCC(=O)O)=NOCc1ccccc1. The zero-order valence-corrected chi connectivity index (χ0v) is 21.9. The van der Waals surface area contributed by atoms with Crippen molar-refractivity contribution >= 4 is 47.2 Å².